The number of nitrogens with zero attached hydrogens (tertiary/aromatic N) is 2. The number of nitrogens with one attached hydrogen (secondary N) is 1. The first kappa shape index (κ1) is 11.6. The Balaban J connectivity index is 2.18. The van der Waals surface area contributed by atoms with Crippen LogP contribution in [0.25, 0.3) is 0 Å². The molecule has 0 unspecified atom stereocenters. The van der Waals surface area contributed by atoms with Crippen LogP contribution in [0.2, 0.25) is 0 Å². The zero-order valence-corrected chi connectivity index (χ0v) is 10.2. The molecule has 7 heteroatoms. The third-order valence-corrected chi connectivity index (χ3v) is 2.47. The van der Waals surface area contributed by atoms with Crippen LogP contribution < -0.4 is 16.0 Å². The van der Waals surface area contributed by atoms with Gasteiger partial charge in [0.05, 0.1) is 0 Å². The molecule has 0 saturated heterocycles. The van der Waals surface area contributed by atoms with E-state index in [0.29, 0.717) is 5.75 Å². The smallest absolute Gasteiger partial charge is 0.347 e. The number of hydrogen-bond acceptors (Lipinski definition) is 4. The van der Waals surface area contributed by atoms with Gasteiger partial charge in [-0.15, -0.1) is 0 Å². The number of halogens is 1. The summed E-state index contributed by atoms with van der Waals surface area (Å²) in [6.45, 7) is -0.0712. The maximum absolute atomic E-state index is 11.4. The van der Waals surface area contributed by atoms with Gasteiger partial charge in [0.2, 0.25) is 0 Å². The molecule has 1 aromatic carbocycles. The van der Waals surface area contributed by atoms with Crippen LogP contribution in [0.15, 0.2) is 44.5 Å². The molecule has 1 N–H and O–H groups in total. The van der Waals surface area contributed by atoms with Crippen LogP contribution in [0.4, 0.5) is 0 Å². The largest absolute Gasteiger partial charge is 0.471 e. The van der Waals surface area contributed by atoms with Crippen LogP contribution >= 0.6 is 15.9 Å². The summed E-state index contributed by atoms with van der Waals surface area (Å²) in [5.41, 5.74) is -1.18. The number of para-hydroxylation sites is 1. The summed E-state index contributed by atoms with van der Waals surface area (Å²) in [6.07, 6.45) is 0. The zero-order valence-electron chi connectivity index (χ0n) is 8.59. The molecule has 0 aliphatic rings. The molecule has 6 nitrogen and oxygen atoms in total. The fourth-order valence-electron chi connectivity index (χ4n) is 1.15. The number of aromatic amines is 1. The van der Waals surface area contributed by atoms with Gasteiger partial charge in [0.1, 0.15) is 5.75 Å². The van der Waals surface area contributed by atoms with Gasteiger partial charge in [0.15, 0.2) is 11.3 Å². The standard InChI is InChI=1S/C10H8BrN3O3/c11-8-9(15)12-10(16)14(13-8)6-17-7-4-2-1-3-5-7/h1-5H,6H2,(H,12,15,16). The monoisotopic (exact) mass is 297 g/mol. The molecule has 88 valence electrons. The van der Waals surface area contributed by atoms with Crippen molar-refractivity contribution >= 4 is 15.9 Å². The number of H-pyrrole nitrogens is 1. The lowest BCUT2D eigenvalue weighted by Gasteiger charge is -2.06. The van der Waals surface area contributed by atoms with Gasteiger partial charge >= 0.3 is 5.69 Å². The van der Waals surface area contributed by atoms with E-state index in [1.54, 1.807) is 12.1 Å². The van der Waals surface area contributed by atoms with Crippen LogP contribution in [0.3, 0.4) is 0 Å². The minimum atomic E-state index is -0.617. The first-order valence-electron chi connectivity index (χ1n) is 4.71. The molecule has 1 aromatic heterocycles. The minimum Gasteiger partial charge on any atom is -0.471 e. The van der Waals surface area contributed by atoms with E-state index < -0.39 is 11.2 Å². The van der Waals surface area contributed by atoms with Gasteiger partial charge in [-0.25, -0.2) is 4.79 Å². The van der Waals surface area contributed by atoms with Gasteiger partial charge in [0.25, 0.3) is 5.56 Å². The number of ether oxygens (including phenoxy) is 1. The highest BCUT2D eigenvalue weighted by Gasteiger charge is 2.03. The van der Waals surface area contributed by atoms with E-state index in [4.69, 9.17) is 4.74 Å². The van der Waals surface area contributed by atoms with E-state index in [0.717, 1.165) is 4.68 Å². The highest BCUT2D eigenvalue weighted by molar-refractivity contribution is 9.10. The molecular formula is C10H8BrN3O3. The number of rotatable bonds is 3. The Morgan fingerprint density at radius 2 is 2.00 bits per heavy atom. The van der Waals surface area contributed by atoms with E-state index >= 15 is 0 Å². The summed E-state index contributed by atoms with van der Waals surface area (Å²) in [5.74, 6) is 0.614. The van der Waals surface area contributed by atoms with E-state index in [1.165, 1.54) is 0 Å². The predicted octanol–water partition coefficient (Wildman–Crippen LogP) is 0.731. The van der Waals surface area contributed by atoms with Gasteiger partial charge in [-0.2, -0.15) is 9.78 Å². The van der Waals surface area contributed by atoms with Crippen molar-refractivity contribution in [2.24, 2.45) is 0 Å². The molecule has 0 aliphatic heterocycles. The van der Waals surface area contributed by atoms with Crippen LogP contribution in [0.1, 0.15) is 0 Å². The van der Waals surface area contributed by atoms with Crippen LogP contribution in [-0.4, -0.2) is 14.8 Å². The van der Waals surface area contributed by atoms with Gasteiger partial charge in [-0.3, -0.25) is 9.78 Å². The number of benzene rings is 1. The Morgan fingerprint density at radius 3 is 2.71 bits per heavy atom. The fraction of sp³-hybridized carbons (Fsp3) is 0.100. The summed E-state index contributed by atoms with van der Waals surface area (Å²) >= 11 is 2.94. The average molecular weight is 298 g/mol. The summed E-state index contributed by atoms with van der Waals surface area (Å²) in [6, 6.07) is 8.99. The maximum Gasteiger partial charge on any atom is 0.347 e. The Labute approximate surface area is 104 Å². The van der Waals surface area contributed by atoms with Gasteiger partial charge in [-0.1, -0.05) is 18.2 Å². The van der Waals surface area contributed by atoms with Crippen molar-refractivity contribution in [3.63, 3.8) is 0 Å². The first-order valence-corrected chi connectivity index (χ1v) is 5.51. The van der Waals surface area contributed by atoms with Gasteiger partial charge in [0, 0.05) is 0 Å². The molecule has 0 bridgehead atoms. The fourth-order valence-corrected chi connectivity index (χ4v) is 1.44. The van der Waals surface area contributed by atoms with E-state index in [1.807, 2.05) is 18.2 Å². The Kier molecular flexibility index (Phi) is 3.38. The highest BCUT2D eigenvalue weighted by atomic mass is 79.9. The average Bonchev–Trinajstić information content (AvgIpc) is 2.33. The van der Waals surface area contributed by atoms with Gasteiger partial charge < -0.3 is 4.74 Å². The van der Waals surface area contributed by atoms with Crippen LogP contribution in [0, 0.1) is 0 Å². The summed E-state index contributed by atoms with van der Waals surface area (Å²) in [4.78, 5) is 24.5. The summed E-state index contributed by atoms with van der Waals surface area (Å²) in [5, 5.41) is 3.74. The molecule has 2 rings (SSSR count). The second-order valence-corrected chi connectivity index (χ2v) is 3.89. The third kappa shape index (κ3) is 2.82. The lowest BCUT2D eigenvalue weighted by molar-refractivity contribution is 0.210. The molecule has 0 radical (unpaired) electrons. The quantitative estimate of drug-likeness (QED) is 0.906. The molecule has 0 aliphatic carbocycles. The normalized spacial score (nSPS) is 10.2. The SMILES string of the molecule is O=c1[nH]c(=O)n(COc2ccccc2)nc1Br. The summed E-state index contributed by atoms with van der Waals surface area (Å²) < 4.78 is 6.37. The second-order valence-electron chi connectivity index (χ2n) is 3.14. The molecule has 1 heterocycles. The lowest BCUT2D eigenvalue weighted by atomic mass is 10.3. The molecule has 0 saturated carbocycles. The molecule has 0 spiro atoms. The Hall–Kier alpha value is -1.89. The van der Waals surface area contributed by atoms with E-state index in [2.05, 4.69) is 26.0 Å². The summed E-state index contributed by atoms with van der Waals surface area (Å²) in [7, 11) is 0. The minimum absolute atomic E-state index is 0.0359. The topological polar surface area (TPSA) is 77.0 Å². The van der Waals surface area contributed by atoms with Crippen LogP contribution in [0.5, 0.6) is 5.75 Å². The van der Waals surface area contributed by atoms with Crippen molar-refractivity contribution < 1.29 is 4.74 Å². The van der Waals surface area contributed by atoms with Gasteiger partial charge in [-0.05, 0) is 28.1 Å². The van der Waals surface area contributed by atoms with Crippen molar-refractivity contribution in [2.45, 2.75) is 6.73 Å². The van der Waals surface area contributed by atoms with E-state index in [9.17, 15) is 9.59 Å². The van der Waals surface area contributed by atoms with Crippen molar-refractivity contribution in [1.82, 2.24) is 14.8 Å². The second kappa shape index (κ2) is 4.96. The number of hydrogen-bond donors (Lipinski definition) is 1. The Morgan fingerprint density at radius 1 is 1.29 bits per heavy atom. The molecule has 2 aromatic rings. The first-order chi connectivity index (χ1) is 8.16. The maximum atomic E-state index is 11.4. The van der Waals surface area contributed by atoms with Crippen molar-refractivity contribution in [1.29, 1.82) is 0 Å². The molecular weight excluding hydrogens is 290 g/mol. The third-order valence-electron chi connectivity index (χ3n) is 1.95. The molecule has 0 atom stereocenters. The van der Waals surface area contributed by atoms with Crippen LogP contribution in [-0.2, 0) is 6.73 Å². The molecule has 17 heavy (non-hydrogen) atoms. The lowest BCUT2D eigenvalue weighted by Crippen LogP contribution is -2.34. The van der Waals surface area contributed by atoms with Crippen molar-refractivity contribution in [2.75, 3.05) is 0 Å². The zero-order chi connectivity index (χ0) is 12.3. The molecule has 0 amide bonds. The Bertz CT molecular complexity index is 621. The molecule has 0 fully saturated rings. The predicted molar refractivity (Wildman–Crippen MR) is 63.9 cm³/mol. The van der Waals surface area contributed by atoms with Crippen molar-refractivity contribution in [3.05, 3.63) is 55.8 Å². The highest BCUT2D eigenvalue weighted by Crippen LogP contribution is 2.08. The van der Waals surface area contributed by atoms with E-state index in [-0.39, 0.29) is 11.3 Å². The van der Waals surface area contributed by atoms with Crippen molar-refractivity contribution in [3.8, 4) is 5.75 Å². The number of aromatic nitrogens is 3.